The van der Waals surface area contributed by atoms with Gasteiger partial charge in [-0.3, -0.25) is 0 Å². The van der Waals surface area contributed by atoms with Crippen molar-refractivity contribution < 1.29 is 9.53 Å². The minimum absolute atomic E-state index is 0. The summed E-state index contributed by atoms with van der Waals surface area (Å²) in [5.74, 6) is 0.568. The molecular weight excluding hydrogens is 410 g/mol. The molecule has 0 aliphatic heterocycles. The molecule has 1 aromatic rings. The smallest absolute Gasteiger partial charge is 0.410 e. The van der Waals surface area contributed by atoms with Gasteiger partial charge >= 0.3 is 6.09 Å². The van der Waals surface area contributed by atoms with Crippen LogP contribution in [0.1, 0.15) is 92.2 Å². The number of hydrogen-bond acceptors (Lipinski definition) is 2. The second-order valence-electron chi connectivity index (χ2n) is 9.14. The lowest BCUT2D eigenvalue weighted by atomic mass is 9.97. The van der Waals surface area contributed by atoms with Crippen LogP contribution in [-0.2, 0) is 4.74 Å². The highest BCUT2D eigenvalue weighted by molar-refractivity contribution is 7.59. The third-order valence-corrected chi connectivity index (χ3v) is 4.83. The zero-order chi connectivity index (χ0) is 21.2. The number of carbonyl (C=O) groups is 1. The second-order valence-corrected chi connectivity index (χ2v) is 9.14. The molecule has 1 aromatic carbocycles. The number of ether oxygens (including phenoxy) is 1. The van der Waals surface area contributed by atoms with Crippen molar-refractivity contribution in [3.05, 3.63) is 47.5 Å². The van der Waals surface area contributed by atoms with Gasteiger partial charge in [-0.05, 0) is 71.8 Å². The van der Waals surface area contributed by atoms with E-state index in [9.17, 15) is 4.79 Å². The summed E-state index contributed by atoms with van der Waals surface area (Å²) >= 11 is 0. The number of allylic oxidation sites excluding steroid dienone is 2. The third-order valence-electron chi connectivity index (χ3n) is 4.83. The van der Waals surface area contributed by atoms with Crippen molar-refractivity contribution in [3.8, 4) is 0 Å². The van der Waals surface area contributed by atoms with Gasteiger partial charge in [0.1, 0.15) is 5.60 Å². The summed E-state index contributed by atoms with van der Waals surface area (Å²) in [5.41, 5.74) is 2.07. The Morgan fingerprint density at radius 2 is 1.67 bits per heavy atom. The van der Waals surface area contributed by atoms with Crippen molar-refractivity contribution in [2.24, 2.45) is 5.92 Å². The van der Waals surface area contributed by atoms with Crippen LogP contribution in [0.3, 0.4) is 0 Å². The Labute approximate surface area is 199 Å². The SMILES string of the molecule is CCC[C@@H](c1ccccc1)N(CC[C@@H](C)CCC=C(C)C)C(=O)OC(C)(C)C.S.S. The van der Waals surface area contributed by atoms with E-state index in [1.165, 1.54) is 11.1 Å². The summed E-state index contributed by atoms with van der Waals surface area (Å²) in [6.07, 6.45) is 7.30. The van der Waals surface area contributed by atoms with Crippen molar-refractivity contribution in [2.45, 2.75) is 92.2 Å². The fourth-order valence-corrected chi connectivity index (χ4v) is 3.31. The highest BCUT2D eigenvalue weighted by Crippen LogP contribution is 2.29. The summed E-state index contributed by atoms with van der Waals surface area (Å²) < 4.78 is 5.77. The number of carbonyl (C=O) groups excluding carboxylic acids is 1. The topological polar surface area (TPSA) is 29.5 Å². The van der Waals surface area contributed by atoms with Crippen molar-refractivity contribution in [1.29, 1.82) is 0 Å². The standard InChI is InChI=1S/C25H41NO2.2H2S/c1-8-13-23(22-16-10-9-11-17-22)26(24(27)28-25(5,6)7)19-18-21(4)15-12-14-20(2)3;;/h9-11,14,16-17,21,23H,8,12-13,15,18-19H2,1-7H3;2*1H2/t21-,23-;;/m0../s1. The molecule has 0 aliphatic rings. The summed E-state index contributed by atoms with van der Waals surface area (Å²) in [6.45, 7) is 15.3. The van der Waals surface area contributed by atoms with Crippen LogP contribution >= 0.6 is 27.0 Å². The number of nitrogens with zero attached hydrogens (tertiary/aromatic N) is 1. The van der Waals surface area contributed by atoms with E-state index < -0.39 is 5.60 Å². The van der Waals surface area contributed by atoms with E-state index in [1.54, 1.807) is 0 Å². The van der Waals surface area contributed by atoms with Crippen molar-refractivity contribution in [3.63, 3.8) is 0 Å². The van der Waals surface area contributed by atoms with Gasteiger partial charge in [0.15, 0.2) is 0 Å². The Hall–Kier alpha value is -1.07. The Kier molecular flexibility index (Phi) is 16.3. The Bertz CT molecular complexity index is 607. The zero-order valence-corrected chi connectivity index (χ0v) is 22.1. The molecule has 1 amide bonds. The molecule has 0 aliphatic carbocycles. The quantitative estimate of drug-likeness (QED) is 0.337. The molecule has 0 heterocycles. The third kappa shape index (κ3) is 12.6. The first kappa shape index (κ1) is 31.1. The molecule has 3 nitrogen and oxygen atoms in total. The number of hydrogen-bond donors (Lipinski definition) is 0. The molecule has 0 saturated heterocycles. The molecule has 0 aromatic heterocycles. The van der Waals surface area contributed by atoms with Crippen molar-refractivity contribution in [1.82, 2.24) is 4.90 Å². The molecule has 0 fully saturated rings. The average Bonchev–Trinajstić information content (AvgIpc) is 2.60. The van der Waals surface area contributed by atoms with E-state index in [1.807, 2.05) is 43.9 Å². The lowest BCUT2D eigenvalue weighted by molar-refractivity contribution is 0.0135. The number of rotatable bonds is 10. The van der Waals surface area contributed by atoms with Crippen LogP contribution in [0.15, 0.2) is 42.0 Å². The number of benzene rings is 1. The summed E-state index contributed by atoms with van der Waals surface area (Å²) in [6, 6.07) is 10.4. The second kappa shape index (κ2) is 15.7. The van der Waals surface area contributed by atoms with Crippen LogP contribution in [0, 0.1) is 5.92 Å². The average molecular weight is 456 g/mol. The van der Waals surface area contributed by atoms with Crippen LogP contribution in [0.5, 0.6) is 0 Å². The largest absolute Gasteiger partial charge is 0.444 e. The Morgan fingerprint density at radius 3 is 2.17 bits per heavy atom. The van der Waals surface area contributed by atoms with Crippen LogP contribution in [0.2, 0.25) is 0 Å². The van der Waals surface area contributed by atoms with Gasteiger partial charge in [0.2, 0.25) is 0 Å². The van der Waals surface area contributed by atoms with E-state index in [0.717, 1.165) is 38.6 Å². The molecule has 0 spiro atoms. The van der Waals surface area contributed by atoms with E-state index in [4.69, 9.17) is 4.74 Å². The van der Waals surface area contributed by atoms with Gasteiger partial charge in [-0.15, -0.1) is 0 Å². The molecule has 0 N–H and O–H groups in total. The molecule has 0 radical (unpaired) electrons. The molecule has 174 valence electrons. The summed E-state index contributed by atoms with van der Waals surface area (Å²) in [4.78, 5) is 15.0. The fraction of sp³-hybridized carbons (Fsp3) is 0.640. The normalized spacial score (nSPS) is 12.6. The molecule has 5 heteroatoms. The molecule has 30 heavy (non-hydrogen) atoms. The predicted octanol–water partition coefficient (Wildman–Crippen LogP) is 7.76. The van der Waals surface area contributed by atoms with Crippen LogP contribution in [-0.4, -0.2) is 23.1 Å². The van der Waals surface area contributed by atoms with Crippen molar-refractivity contribution >= 4 is 33.1 Å². The van der Waals surface area contributed by atoms with Crippen molar-refractivity contribution in [2.75, 3.05) is 6.54 Å². The highest BCUT2D eigenvalue weighted by atomic mass is 32.1. The first-order valence-electron chi connectivity index (χ1n) is 10.8. The van der Waals surface area contributed by atoms with Gasteiger partial charge < -0.3 is 9.64 Å². The maximum absolute atomic E-state index is 13.1. The van der Waals surface area contributed by atoms with E-state index in [0.29, 0.717) is 5.92 Å². The number of amides is 1. The van der Waals surface area contributed by atoms with Gasteiger partial charge in [-0.1, -0.05) is 62.2 Å². The van der Waals surface area contributed by atoms with Gasteiger partial charge in [-0.25, -0.2) is 4.79 Å². The summed E-state index contributed by atoms with van der Waals surface area (Å²) in [7, 11) is 0. The predicted molar refractivity (Wildman–Crippen MR) is 140 cm³/mol. The molecular formula is C25H45NO2S2. The van der Waals surface area contributed by atoms with Gasteiger partial charge in [0.25, 0.3) is 0 Å². The molecule has 1 rings (SSSR count). The van der Waals surface area contributed by atoms with Gasteiger partial charge in [0, 0.05) is 6.54 Å². The minimum Gasteiger partial charge on any atom is -0.444 e. The fourth-order valence-electron chi connectivity index (χ4n) is 3.31. The maximum atomic E-state index is 13.1. The van der Waals surface area contributed by atoms with E-state index >= 15 is 0 Å². The van der Waals surface area contributed by atoms with Crippen LogP contribution in [0.25, 0.3) is 0 Å². The van der Waals surface area contributed by atoms with E-state index in [2.05, 4.69) is 45.9 Å². The molecule has 2 atom stereocenters. The van der Waals surface area contributed by atoms with Crippen LogP contribution in [0.4, 0.5) is 4.79 Å². The summed E-state index contributed by atoms with van der Waals surface area (Å²) in [5, 5.41) is 0. The van der Waals surface area contributed by atoms with Crippen LogP contribution < -0.4 is 0 Å². The minimum atomic E-state index is -0.488. The van der Waals surface area contributed by atoms with Gasteiger partial charge in [-0.2, -0.15) is 27.0 Å². The monoisotopic (exact) mass is 455 g/mol. The molecule has 0 bridgehead atoms. The Balaban J connectivity index is 0. The first-order valence-corrected chi connectivity index (χ1v) is 10.8. The molecule has 0 saturated carbocycles. The lowest BCUT2D eigenvalue weighted by Crippen LogP contribution is -2.40. The first-order chi connectivity index (χ1) is 13.1. The highest BCUT2D eigenvalue weighted by Gasteiger charge is 2.29. The zero-order valence-electron chi connectivity index (χ0n) is 20.1. The lowest BCUT2D eigenvalue weighted by Gasteiger charge is -2.34. The molecule has 0 unspecified atom stereocenters. The maximum Gasteiger partial charge on any atom is 0.410 e. The van der Waals surface area contributed by atoms with E-state index in [-0.39, 0.29) is 39.1 Å². The Morgan fingerprint density at radius 1 is 1.07 bits per heavy atom. The van der Waals surface area contributed by atoms with Gasteiger partial charge in [0.05, 0.1) is 6.04 Å².